The van der Waals surface area contributed by atoms with Gasteiger partial charge in [-0.25, -0.2) is 4.39 Å². The van der Waals surface area contributed by atoms with Gasteiger partial charge in [-0.15, -0.1) is 0 Å². The highest BCUT2D eigenvalue weighted by Crippen LogP contribution is 2.31. The smallest absolute Gasteiger partial charge is 0.372 e. The van der Waals surface area contributed by atoms with Gasteiger partial charge >= 0.3 is 6.18 Å². The Morgan fingerprint density at radius 2 is 2.05 bits per heavy atom. The average Bonchev–Trinajstić information content (AvgIpc) is 2.36. The van der Waals surface area contributed by atoms with Crippen LogP contribution in [0.3, 0.4) is 0 Å². The maximum Gasteiger partial charge on any atom is 0.411 e. The molecule has 1 rings (SSSR count). The summed E-state index contributed by atoms with van der Waals surface area (Å²) in [6, 6.07) is 2.27. The number of halogens is 6. The van der Waals surface area contributed by atoms with Gasteiger partial charge in [0.15, 0.2) is 0 Å². The summed E-state index contributed by atoms with van der Waals surface area (Å²) in [7, 11) is 0. The molecule has 0 aliphatic rings. The van der Waals surface area contributed by atoms with Crippen molar-refractivity contribution >= 4 is 27.5 Å². The lowest BCUT2D eigenvalue weighted by Crippen LogP contribution is -2.30. The number of nitrogens with two attached hydrogens (primary N) is 1. The van der Waals surface area contributed by atoms with Crippen LogP contribution in [0.25, 0.3) is 0 Å². The molecule has 1 atom stereocenters. The van der Waals surface area contributed by atoms with E-state index < -0.39 is 24.6 Å². The first-order valence-corrected chi connectivity index (χ1v) is 6.67. The van der Waals surface area contributed by atoms with Crippen LogP contribution < -0.4 is 11.3 Å². The average molecular weight is 380 g/mol. The highest BCUT2D eigenvalue weighted by atomic mass is 79.9. The molecule has 1 aromatic rings. The Balaban J connectivity index is 2.65. The normalized spacial score (nSPS) is 13.6. The molecule has 114 valence electrons. The summed E-state index contributed by atoms with van der Waals surface area (Å²) in [6.45, 7) is -1.57. The molecule has 0 bridgehead atoms. The number of hydrogen-bond acceptors (Lipinski definition) is 3. The predicted octanol–water partition coefficient (Wildman–Crippen LogP) is 3.72. The molecule has 0 amide bonds. The first-order chi connectivity index (χ1) is 9.26. The molecule has 9 heteroatoms. The van der Waals surface area contributed by atoms with E-state index in [2.05, 4.69) is 26.1 Å². The largest absolute Gasteiger partial charge is 0.411 e. The molecule has 0 aliphatic heterocycles. The van der Waals surface area contributed by atoms with E-state index in [-0.39, 0.29) is 23.6 Å². The van der Waals surface area contributed by atoms with Crippen molar-refractivity contribution in [2.45, 2.75) is 18.6 Å². The van der Waals surface area contributed by atoms with Gasteiger partial charge in [-0.05, 0) is 28.4 Å². The number of alkyl halides is 3. The van der Waals surface area contributed by atoms with Gasteiger partial charge in [-0.1, -0.05) is 17.7 Å². The number of ether oxygens (including phenoxy) is 1. The van der Waals surface area contributed by atoms with Gasteiger partial charge in [0, 0.05) is 16.6 Å². The number of benzene rings is 1. The third kappa shape index (κ3) is 5.17. The molecular formula is C11H12BrClF4N2O. The van der Waals surface area contributed by atoms with E-state index in [1.165, 1.54) is 12.1 Å². The summed E-state index contributed by atoms with van der Waals surface area (Å²) in [4.78, 5) is 0. The maximum atomic E-state index is 13.9. The molecule has 0 saturated carbocycles. The van der Waals surface area contributed by atoms with Crippen molar-refractivity contribution in [2.75, 3.05) is 13.2 Å². The van der Waals surface area contributed by atoms with Crippen LogP contribution in [0.5, 0.6) is 0 Å². The van der Waals surface area contributed by atoms with Gasteiger partial charge in [0.2, 0.25) is 0 Å². The summed E-state index contributed by atoms with van der Waals surface area (Å²) < 4.78 is 54.5. The Kier molecular flexibility index (Phi) is 6.67. The molecule has 1 unspecified atom stereocenters. The van der Waals surface area contributed by atoms with Crippen LogP contribution in [0.2, 0.25) is 5.02 Å². The van der Waals surface area contributed by atoms with E-state index in [9.17, 15) is 17.6 Å². The fourth-order valence-electron chi connectivity index (χ4n) is 1.53. The summed E-state index contributed by atoms with van der Waals surface area (Å²) >= 11 is 8.80. The van der Waals surface area contributed by atoms with Crippen LogP contribution in [0, 0.1) is 5.82 Å². The standard InChI is InChI=1S/C11H12BrClF4N2O/c12-7-2-1-6(10(14)9(7)13)8(19-18)3-4-20-5-11(15,16)17/h1-2,8,19H,3-5,18H2. The van der Waals surface area contributed by atoms with Crippen LogP contribution >= 0.6 is 27.5 Å². The van der Waals surface area contributed by atoms with Gasteiger partial charge in [0.05, 0.1) is 11.1 Å². The lowest BCUT2D eigenvalue weighted by Gasteiger charge is -2.18. The van der Waals surface area contributed by atoms with E-state index in [1.54, 1.807) is 0 Å². The number of hydrazine groups is 1. The molecule has 0 heterocycles. The summed E-state index contributed by atoms with van der Waals surface area (Å²) in [5.74, 6) is 4.60. The SMILES string of the molecule is NNC(CCOCC(F)(F)F)c1ccc(Br)c(Cl)c1F. The van der Waals surface area contributed by atoms with Crippen LogP contribution in [-0.4, -0.2) is 19.4 Å². The monoisotopic (exact) mass is 378 g/mol. The topological polar surface area (TPSA) is 47.3 Å². The molecule has 3 N–H and O–H groups in total. The maximum absolute atomic E-state index is 13.9. The predicted molar refractivity (Wildman–Crippen MR) is 70.7 cm³/mol. The Labute approximate surface area is 126 Å². The third-order valence-corrected chi connectivity index (χ3v) is 3.72. The minimum absolute atomic E-state index is 0.0709. The fraction of sp³-hybridized carbons (Fsp3) is 0.455. The lowest BCUT2D eigenvalue weighted by molar-refractivity contribution is -0.174. The van der Waals surface area contributed by atoms with Crippen molar-refractivity contribution in [2.24, 2.45) is 5.84 Å². The number of hydrogen-bond donors (Lipinski definition) is 2. The molecule has 0 fully saturated rings. The second-order valence-corrected chi connectivity index (χ2v) is 5.17. The van der Waals surface area contributed by atoms with Crippen molar-refractivity contribution in [3.8, 4) is 0 Å². The quantitative estimate of drug-likeness (QED) is 0.260. The van der Waals surface area contributed by atoms with Crippen molar-refractivity contribution in [1.82, 2.24) is 5.43 Å². The van der Waals surface area contributed by atoms with Gasteiger partial charge in [0.25, 0.3) is 0 Å². The van der Waals surface area contributed by atoms with Crippen LogP contribution in [0.4, 0.5) is 17.6 Å². The third-order valence-electron chi connectivity index (χ3n) is 2.46. The molecule has 20 heavy (non-hydrogen) atoms. The van der Waals surface area contributed by atoms with Gasteiger partial charge < -0.3 is 4.74 Å². The lowest BCUT2D eigenvalue weighted by atomic mass is 10.0. The summed E-state index contributed by atoms with van der Waals surface area (Å²) in [5, 5.41) is -0.112. The van der Waals surface area contributed by atoms with Gasteiger partial charge in [-0.3, -0.25) is 11.3 Å². The Hall–Kier alpha value is -0.410. The highest BCUT2D eigenvalue weighted by molar-refractivity contribution is 9.10. The minimum Gasteiger partial charge on any atom is -0.372 e. The fourth-order valence-corrected chi connectivity index (χ4v) is 2.01. The molecule has 0 spiro atoms. The summed E-state index contributed by atoms with van der Waals surface area (Å²) in [5.41, 5.74) is 2.49. The number of rotatable bonds is 6. The molecular weight excluding hydrogens is 367 g/mol. The molecule has 0 aliphatic carbocycles. The zero-order valence-corrected chi connectivity index (χ0v) is 12.4. The van der Waals surface area contributed by atoms with Crippen molar-refractivity contribution in [3.63, 3.8) is 0 Å². The Morgan fingerprint density at radius 1 is 1.40 bits per heavy atom. The van der Waals surface area contributed by atoms with Crippen molar-refractivity contribution in [1.29, 1.82) is 0 Å². The second kappa shape index (κ2) is 7.56. The first-order valence-electron chi connectivity index (χ1n) is 5.50. The second-order valence-electron chi connectivity index (χ2n) is 3.94. The molecule has 0 aromatic heterocycles. The molecule has 1 aromatic carbocycles. The van der Waals surface area contributed by atoms with E-state index in [4.69, 9.17) is 17.4 Å². The zero-order valence-electron chi connectivity index (χ0n) is 10.1. The van der Waals surface area contributed by atoms with E-state index in [1.807, 2.05) is 0 Å². The van der Waals surface area contributed by atoms with E-state index in [0.717, 1.165) is 0 Å². The Bertz CT molecular complexity index is 459. The van der Waals surface area contributed by atoms with E-state index >= 15 is 0 Å². The Morgan fingerprint density at radius 3 is 2.60 bits per heavy atom. The molecule has 3 nitrogen and oxygen atoms in total. The van der Waals surface area contributed by atoms with Gasteiger partial charge in [-0.2, -0.15) is 13.2 Å². The minimum atomic E-state index is -4.39. The molecule has 0 saturated heterocycles. The zero-order chi connectivity index (χ0) is 15.3. The van der Waals surface area contributed by atoms with Crippen LogP contribution in [-0.2, 0) is 4.74 Å². The van der Waals surface area contributed by atoms with Crippen molar-refractivity contribution in [3.05, 3.63) is 33.0 Å². The highest BCUT2D eigenvalue weighted by Gasteiger charge is 2.27. The number of nitrogens with one attached hydrogen (secondary N) is 1. The van der Waals surface area contributed by atoms with Crippen LogP contribution in [0.15, 0.2) is 16.6 Å². The first kappa shape index (κ1) is 17.6. The van der Waals surface area contributed by atoms with Crippen LogP contribution in [0.1, 0.15) is 18.0 Å². The van der Waals surface area contributed by atoms with Gasteiger partial charge in [0.1, 0.15) is 12.4 Å². The molecule has 0 radical (unpaired) electrons. The van der Waals surface area contributed by atoms with E-state index in [0.29, 0.717) is 4.47 Å². The summed E-state index contributed by atoms with van der Waals surface area (Å²) in [6.07, 6.45) is -4.32. The van der Waals surface area contributed by atoms with Crippen molar-refractivity contribution < 1.29 is 22.3 Å².